The van der Waals surface area contributed by atoms with Crippen molar-refractivity contribution in [2.75, 3.05) is 0 Å². The Labute approximate surface area is 131 Å². The summed E-state index contributed by atoms with van der Waals surface area (Å²) < 4.78 is 4.95. The summed E-state index contributed by atoms with van der Waals surface area (Å²) in [4.78, 5) is 24.4. The van der Waals surface area contributed by atoms with Crippen LogP contribution in [0.5, 0.6) is 0 Å². The molecule has 3 nitrogen and oxygen atoms in total. The maximum atomic E-state index is 12.4. The van der Waals surface area contributed by atoms with Crippen molar-refractivity contribution in [3.63, 3.8) is 0 Å². The minimum atomic E-state index is -0.576. The van der Waals surface area contributed by atoms with Gasteiger partial charge < -0.3 is 4.74 Å². The van der Waals surface area contributed by atoms with Crippen LogP contribution in [0, 0.1) is 0 Å². The molecule has 1 heterocycles. The second-order valence-electron chi connectivity index (χ2n) is 5.75. The minimum Gasteiger partial charge on any atom is -0.386 e. The molecule has 4 aromatic carbocycles. The van der Waals surface area contributed by atoms with Crippen molar-refractivity contribution >= 4 is 44.3 Å². The molecule has 0 aliphatic carbocycles. The third-order valence-electron chi connectivity index (χ3n) is 4.45. The number of carbonyl (C=O) groups is 2. The average molecular weight is 298 g/mol. The predicted octanol–water partition coefficient (Wildman–Crippen LogP) is 4.46. The zero-order valence-corrected chi connectivity index (χ0v) is 12.0. The molecule has 0 saturated carbocycles. The third-order valence-corrected chi connectivity index (χ3v) is 4.45. The molecule has 0 atom stereocenters. The highest BCUT2D eigenvalue weighted by atomic mass is 16.6. The Morgan fingerprint density at radius 2 is 1.35 bits per heavy atom. The topological polar surface area (TPSA) is 43.4 Å². The van der Waals surface area contributed by atoms with Gasteiger partial charge in [0.1, 0.15) is 0 Å². The monoisotopic (exact) mass is 298 g/mol. The van der Waals surface area contributed by atoms with Crippen LogP contribution in [-0.2, 0) is 4.74 Å². The van der Waals surface area contributed by atoms with E-state index in [-0.39, 0.29) is 0 Å². The van der Waals surface area contributed by atoms with Gasteiger partial charge in [-0.2, -0.15) is 0 Å². The molecule has 1 aliphatic heterocycles. The molecule has 0 radical (unpaired) electrons. The smallest absolute Gasteiger partial charge is 0.347 e. The summed E-state index contributed by atoms with van der Waals surface area (Å²) in [5.74, 6) is -1.15. The fourth-order valence-corrected chi connectivity index (χ4v) is 3.44. The van der Waals surface area contributed by atoms with Crippen molar-refractivity contribution in [2.45, 2.75) is 0 Å². The minimum absolute atomic E-state index is 0.451. The third kappa shape index (κ3) is 1.59. The number of benzene rings is 4. The van der Waals surface area contributed by atoms with Crippen LogP contribution >= 0.6 is 0 Å². The number of esters is 2. The quantitative estimate of drug-likeness (QED) is 0.273. The number of cyclic esters (lactones) is 2. The van der Waals surface area contributed by atoms with Crippen molar-refractivity contribution in [3.05, 3.63) is 71.8 Å². The van der Waals surface area contributed by atoms with Gasteiger partial charge in [0.05, 0.1) is 11.1 Å². The zero-order chi connectivity index (χ0) is 15.6. The first-order valence-corrected chi connectivity index (χ1v) is 7.37. The van der Waals surface area contributed by atoms with Crippen molar-refractivity contribution in [2.24, 2.45) is 0 Å². The molecule has 108 valence electrons. The molecule has 0 bridgehead atoms. The summed E-state index contributed by atoms with van der Waals surface area (Å²) in [6.45, 7) is 0. The van der Waals surface area contributed by atoms with Crippen LogP contribution in [0.25, 0.3) is 32.3 Å². The number of hydrogen-bond donors (Lipinski definition) is 0. The van der Waals surface area contributed by atoms with Gasteiger partial charge in [-0.15, -0.1) is 0 Å². The molecule has 0 amide bonds. The van der Waals surface area contributed by atoms with E-state index >= 15 is 0 Å². The van der Waals surface area contributed by atoms with Crippen molar-refractivity contribution in [1.29, 1.82) is 0 Å². The van der Waals surface area contributed by atoms with Gasteiger partial charge >= 0.3 is 11.9 Å². The number of ether oxygens (including phenoxy) is 1. The summed E-state index contributed by atoms with van der Waals surface area (Å²) >= 11 is 0. The number of rotatable bonds is 0. The predicted molar refractivity (Wildman–Crippen MR) is 88.7 cm³/mol. The first kappa shape index (κ1) is 12.4. The van der Waals surface area contributed by atoms with Crippen LogP contribution < -0.4 is 0 Å². The number of hydrogen-bond acceptors (Lipinski definition) is 3. The maximum absolute atomic E-state index is 12.4. The van der Waals surface area contributed by atoms with Crippen LogP contribution in [-0.4, -0.2) is 11.9 Å². The lowest BCUT2D eigenvalue weighted by atomic mass is 9.91. The SMILES string of the molecule is O=C1OC(=O)c2c3cc4ccccc4cc3cc3cccc1c23. The molecule has 0 fully saturated rings. The van der Waals surface area contributed by atoms with E-state index in [0.29, 0.717) is 16.5 Å². The van der Waals surface area contributed by atoms with E-state index in [4.69, 9.17) is 4.74 Å². The van der Waals surface area contributed by atoms with E-state index in [1.54, 1.807) is 6.07 Å². The van der Waals surface area contributed by atoms with Gasteiger partial charge in [-0.05, 0) is 51.2 Å². The van der Waals surface area contributed by atoms with E-state index < -0.39 is 11.9 Å². The molecule has 0 unspecified atom stereocenters. The zero-order valence-electron chi connectivity index (χ0n) is 12.0. The fraction of sp³-hybridized carbons (Fsp3) is 0. The Bertz CT molecular complexity index is 1170. The summed E-state index contributed by atoms with van der Waals surface area (Å²) in [6.07, 6.45) is 0. The second kappa shape index (κ2) is 4.17. The van der Waals surface area contributed by atoms with Crippen LogP contribution in [0.15, 0.2) is 60.7 Å². The second-order valence-corrected chi connectivity index (χ2v) is 5.75. The Hall–Kier alpha value is -3.20. The molecule has 0 saturated heterocycles. The first-order valence-electron chi connectivity index (χ1n) is 7.37. The summed E-state index contributed by atoms with van der Waals surface area (Å²) in [6, 6.07) is 19.5. The van der Waals surface area contributed by atoms with E-state index in [1.165, 1.54) is 0 Å². The fourth-order valence-electron chi connectivity index (χ4n) is 3.44. The Morgan fingerprint density at radius 3 is 2.17 bits per heavy atom. The molecule has 1 aliphatic rings. The largest absolute Gasteiger partial charge is 0.386 e. The van der Waals surface area contributed by atoms with Gasteiger partial charge in [-0.25, -0.2) is 9.59 Å². The van der Waals surface area contributed by atoms with Crippen LogP contribution in [0.1, 0.15) is 20.7 Å². The van der Waals surface area contributed by atoms with Crippen LogP contribution in [0.3, 0.4) is 0 Å². The molecule has 0 aromatic heterocycles. The highest BCUT2D eigenvalue weighted by Gasteiger charge is 2.29. The van der Waals surface area contributed by atoms with Crippen LogP contribution in [0.2, 0.25) is 0 Å². The molecule has 0 spiro atoms. The highest BCUT2D eigenvalue weighted by Crippen LogP contribution is 2.36. The lowest BCUT2D eigenvalue weighted by Crippen LogP contribution is -2.19. The van der Waals surface area contributed by atoms with Gasteiger partial charge in [-0.3, -0.25) is 0 Å². The molecular formula is C20H10O3. The molecule has 0 N–H and O–H groups in total. The summed E-state index contributed by atoms with van der Waals surface area (Å²) in [7, 11) is 0. The van der Waals surface area contributed by atoms with Crippen molar-refractivity contribution in [3.8, 4) is 0 Å². The molecule has 3 heteroatoms. The maximum Gasteiger partial charge on any atom is 0.347 e. The van der Waals surface area contributed by atoms with E-state index in [9.17, 15) is 9.59 Å². The van der Waals surface area contributed by atoms with Gasteiger partial charge in [-0.1, -0.05) is 36.4 Å². The summed E-state index contributed by atoms with van der Waals surface area (Å²) in [5.41, 5.74) is 0.936. The van der Waals surface area contributed by atoms with E-state index in [2.05, 4.69) is 6.07 Å². The van der Waals surface area contributed by atoms with Crippen molar-refractivity contribution < 1.29 is 14.3 Å². The Morgan fingerprint density at radius 1 is 0.652 bits per heavy atom. The normalized spacial score (nSPS) is 13.7. The molecule has 4 aromatic rings. The van der Waals surface area contributed by atoms with Crippen molar-refractivity contribution in [1.82, 2.24) is 0 Å². The first-order chi connectivity index (χ1) is 11.2. The Kier molecular flexibility index (Phi) is 2.24. The molecule has 23 heavy (non-hydrogen) atoms. The summed E-state index contributed by atoms with van der Waals surface area (Å²) in [5, 5.41) is 5.53. The standard InChI is InChI=1S/C20H10O3/c21-19-15-7-3-6-13-9-14-8-11-4-1-2-5-12(11)10-16(14)18(17(13)15)20(22)23-19/h1-10H. The number of carbonyl (C=O) groups excluding carboxylic acids is 2. The van der Waals surface area contributed by atoms with E-state index in [1.807, 2.05) is 48.5 Å². The highest BCUT2D eigenvalue weighted by molar-refractivity contribution is 6.27. The molecular weight excluding hydrogens is 288 g/mol. The van der Waals surface area contributed by atoms with E-state index in [0.717, 1.165) is 26.9 Å². The van der Waals surface area contributed by atoms with Gasteiger partial charge in [0, 0.05) is 5.39 Å². The average Bonchev–Trinajstić information content (AvgIpc) is 2.56. The van der Waals surface area contributed by atoms with Gasteiger partial charge in [0.15, 0.2) is 0 Å². The van der Waals surface area contributed by atoms with Gasteiger partial charge in [0.2, 0.25) is 0 Å². The lowest BCUT2D eigenvalue weighted by molar-refractivity contribution is 0.0393. The number of fused-ring (bicyclic) bond motifs is 3. The lowest BCUT2D eigenvalue weighted by Gasteiger charge is -2.18. The Balaban J connectivity index is 2.08. The van der Waals surface area contributed by atoms with Gasteiger partial charge in [0.25, 0.3) is 0 Å². The van der Waals surface area contributed by atoms with Crippen LogP contribution in [0.4, 0.5) is 0 Å². The molecule has 5 rings (SSSR count).